The lowest BCUT2D eigenvalue weighted by Gasteiger charge is -2.30. The van der Waals surface area contributed by atoms with Crippen molar-refractivity contribution in [1.29, 1.82) is 0 Å². The first-order chi connectivity index (χ1) is 17.5. The molecular weight excluding hydrogens is 534 g/mol. The van der Waals surface area contributed by atoms with Crippen molar-refractivity contribution in [1.82, 2.24) is 4.31 Å². The van der Waals surface area contributed by atoms with Gasteiger partial charge in [-0.25, -0.2) is 21.1 Å². The summed E-state index contributed by atoms with van der Waals surface area (Å²) in [5.74, 6) is -0.757. The van der Waals surface area contributed by atoms with Gasteiger partial charge in [0.05, 0.1) is 10.6 Å². The third-order valence-corrected chi connectivity index (χ3v) is 9.84. The molecule has 1 aliphatic rings. The molecular formula is C26H28ClN3O5S2. The van der Waals surface area contributed by atoms with Gasteiger partial charge < -0.3 is 5.32 Å². The Morgan fingerprint density at radius 2 is 1.49 bits per heavy atom. The molecule has 1 saturated heterocycles. The van der Waals surface area contributed by atoms with Gasteiger partial charge in [-0.15, -0.1) is 0 Å². The average Bonchev–Trinajstić information content (AvgIpc) is 2.87. The molecule has 11 heteroatoms. The van der Waals surface area contributed by atoms with Crippen LogP contribution in [0.3, 0.4) is 0 Å². The zero-order valence-electron chi connectivity index (χ0n) is 20.2. The predicted octanol–water partition coefficient (Wildman–Crippen LogP) is 4.63. The van der Waals surface area contributed by atoms with Gasteiger partial charge in [-0.1, -0.05) is 47.5 Å². The summed E-state index contributed by atoms with van der Waals surface area (Å²) < 4.78 is 54.9. The van der Waals surface area contributed by atoms with Crippen molar-refractivity contribution >= 4 is 48.9 Å². The smallest absolute Gasteiger partial charge is 0.261 e. The Kier molecular flexibility index (Phi) is 8.23. The Hall–Kier alpha value is -2.92. The molecule has 0 saturated carbocycles. The summed E-state index contributed by atoms with van der Waals surface area (Å²) in [6.07, 6.45) is 0.779. The van der Waals surface area contributed by atoms with Gasteiger partial charge in [-0.3, -0.25) is 9.52 Å². The fourth-order valence-electron chi connectivity index (χ4n) is 4.10. The van der Waals surface area contributed by atoms with Crippen LogP contribution < -0.4 is 10.0 Å². The van der Waals surface area contributed by atoms with E-state index < -0.39 is 20.0 Å². The van der Waals surface area contributed by atoms with Crippen LogP contribution in [0.5, 0.6) is 0 Å². The summed E-state index contributed by atoms with van der Waals surface area (Å²) in [7, 11) is -7.33. The van der Waals surface area contributed by atoms with Gasteiger partial charge in [-0.05, 0) is 67.8 Å². The highest BCUT2D eigenvalue weighted by atomic mass is 35.5. The van der Waals surface area contributed by atoms with Gasteiger partial charge in [-0.2, -0.15) is 0 Å². The summed E-state index contributed by atoms with van der Waals surface area (Å²) in [4.78, 5) is 12.9. The van der Waals surface area contributed by atoms with Crippen LogP contribution in [0.25, 0.3) is 0 Å². The van der Waals surface area contributed by atoms with Crippen molar-refractivity contribution in [3.8, 4) is 0 Å². The molecule has 3 aromatic rings. The molecule has 0 atom stereocenters. The molecule has 1 amide bonds. The van der Waals surface area contributed by atoms with Gasteiger partial charge in [0.25, 0.3) is 10.0 Å². The molecule has 4 rings (SSSR count). The molecule has 0 unspecified atom stereocenters. The molecule has 0 spiro atoms. The second-order valence-electron chi connectivity index (χ2n) is 9.01. The number of hydrogen-bond acceptors (Lipinski definition) is 5. The van der Waals surface area contributed by atoms with Crippen molar-refractivity contribution in [3.05, 3.63) is 88.9 Å². The van der Waals surface area contributed by atoms with Crippen molar-refractivity contribution in [2.45, 2.75) is 30.4 Å². The van der Waals surface area contributed by atoms with Crippen LogP contribution in [-0.2, 0) is 30.6 Å². The van der Waals surface area contributed by atoms with Gasteiger partial charge in [0.15, 0.2) is 0 Å². The number of anilines is 2. The second-order valence-corrected chi connectivity index (χ2v) is 13.1. The quantitative estimate of drug-likeness (QED) is 0.416. The zero-order valence-corrected chi connectivity index (χ0v) is 22.6. The Labute approximate surface area is 222 Å². The van der Waals surface area contributed by atoms with E-state index in [1.54, 1.807) is 36.4 Å². The maximum absolute atomic E-state index is 12.8. The van der Waals surface area contributed by atoms with E-state index in [4.69, 9.17) is 11.6 Å². The minimum absolute atomic E-state index is 0.0723. The summed E-state index contributed by atoms with van der Waals surface area (Å²) >= 11 is 6.11. The largest absolute Gasteiger partial charge is 0.326 e. The van der Waals surface area contributed by atoms with Gasteiger partial charge in [0.2, 0.25) is 15.9 Å². The van der Waals surface area contributed by atoms with Crippen LogP contribution in [0.4, 0.5) is 11.4 Å². The number of halogens is 1. The van der Waals surface area contributed by atoms with E-state index in [2.05, 4.69) is 10.0 Å². The number of hydrogen-bond donors (Lipinski definition) is 2. The zero-order chi connectivity index (χ0) is 26.6. The van der Waals surface area contributed by atoms with Crippen LogP contribution in [0, 0.1) is 12.8 Å². The molecule has 37 heavy (non-hydrogen) atoms. The standard InChI is InChI=1S/C26H28ClN3O5S2/c1-19-6-8-23(9-7-19)29-37(34,35)24-12-10-22(11-13-24)28-26(31)20-14-16-30(17-15-20)36(32,33)18-21-4-2-3-5-25(21)27/h2-13,20,29H,14-18H2,1H3,(H,28,31). The first kappa shape index (κ1) is 27.1. The Morgan fingerprint density at radius 1 is 0.892 bits per heavy atom. The topological polar surface area (TPSA) is 113 Å². The third kappa shape index (κ3) is 6.89. The number of carbonyl (C=O) groups excluding carboxylic acids is 1. The molecule has 0 bridgehead atoms. The average molecular weight is 562 g/mol. The molecule has 0 aliphatic carbocycles. The van der Waals surface area contributed by atoms with Gasteiger partial charge in [0, 0.05) is 35.4 Å². The predicted molar refractivity (Wildman–Crippen MR) is 145 cm³/mol. The van der Waals surface area contributed by atoms with E-state index >= 15 is 0 Å². The Bertz CT molecular complexity index is 1470. The van der Waals surface area contributed by atoms with Gasteiger partial charge >= 0.3 is 0 Å². The lowest BCUT2D eigenvalue weighted by molar-refractivity contribution is -0.120. The van der Waals surface area contributed by atoms with E-state index in [-0.39, 0.29) is 35.6 Å². The maximum Gasteiger partial charge on any atom is 0.261 e. The van der Waals surface area contributed by atoms with Crippen molar-refractivity contribution < 1.29 is 21.6 Å². The number of sulfonamides is 2. The number of rotatable bonds is 8. The maximum atomic E-state index is 12.8. The van der Waals surface area contributed by atoms with E-state index in [0.717, 1.165) is 5.56 Å². The number of amides is 1. The monoisotopic (exact) mass is 561 g/mol. The molecule has 1 aliphatic heterocycles. The lowest BCUT2D eigenvalue weighted by atomic mass is 9.97. The minimum Gasteiger partial charge on any atom is -0.326 e. The van der Waals surface area contributed by atoms with E-state index in [1.807, 2.05) is 19.1 Å². The molecule has 196 valence electrons. The van der Waals surface area contributed by atoms with Crippen LogP contribution >= 0.6 is 11.6 Å². The molecule has 0 radical (unpaired) electrons. The van der Waals surface area contributed by atoms with Crippen molar-refractivity contribution in [2.75, 3.05) is 23.1 Å². The highest BCUT2D eigenvalue weighted by Gasteiger charge is 2.31. The number of carbonyl (C=O) groups is 1. The number of nitrogens with zero attached hydrogens (tertiary/aromatic N) is 1. The fraction of sp³-hybridized carbons (Fsp3) is 0.269. The SMILES string of the molecule is Cc1ccc(NS(=O)(=O)c2ccc(NC(=O)C3CCN(S(=O)(=O)Cc4ccccc4Cl)CC3)cc2)cc1. The molecule has 2 N–H and O–H groups in total. The Balaban J connectivity index is 1.31. The summed E-state index contributed by atoms with van der Waals surface area (Å²) in [5, 5.41) is 3.22. The summed E-state index contributed by atoms with van der Waals surface area (Å²) in [5.41, 5.74) is 2.49. The van der Waals surface area contributed by atoms with Crippen LogP contribution in [0.15, 0.2) is 77.7 Å². The third-order valence-electron chi connectivity index (χ3n) is 6.25. The minimum atomic E-state index is -3.77. The molecule has 8 nitrogen and oxygen atoms in total. The van der Waals surface area contributed by atoms with E-state index in [9.17, 15) is 21.6 Å². The summed E-state index contributed by atoms with van der Waals surface area (Å²) in [6, 6.07) is 19.8. The normalized spacial score (nSPS) is 15.3. The van der Waals surface area contributed by atoms with Crippen LogP contribution in [0.2, 0.25) is 5.02 Å². The molecule has 3 aromatic carbocycles. The lowest BCUT2D eigenvalue weighted by Crippen LogP contribution is -2.41. The van der Waals surface area contributed by atoms with E-state index in [1.165, 1.54) is 28.6 Å². The first-order valence-electron chi connectivity index (χ1n) is 11.8. The summed E-state index contributed by atoms with van der Waals surface area (Å²) in [6.45, 7) is 2.40. The molecule has 0 aromatic heterocycles. The van der Waals surface area contributed by atoms with E-state index in [0.29, 0.717) is 34.8 Å². The molecule has 1 heterocycles. The highest BCUT2D eigenvalue weighted by Crippen LogP contribution is 2.26. The van der Waals surface area contributed by atoms with Crippen LogP contribution in [-0.4, -0.2) is 40.1 Å². The van der Waals surface area contributed by atoms with Crippen LogP contribution in [0.1, 0.15) is 24.0 Å². The number of aryl methyl sites for hydroxylation is 1. The number of nitrogens with one attached hydrogen (secondary N) is 2. The Morgan fingerprint density at radius 3 is 2.11 bits per heavy atom. The molecule has 1 fully saturated rings. The second kappa shape index (κ2) is 11.2. The fourth-order valence-corrected chi connectivity index (χ4v) is 7.03. The van der Waals surface area contributed by atoms with Crippen molar-refractivity contribution in [3.63, 3.8) is 0 Å². The number of benzene rings is 3. The van der Waals surface area contributed by atoms with Crippen molar-refractivity contribution in [2.24, 2.45) is 5.92 Å². The highest BCUT2D eigenvalue weighted by molar-refractivity contribution is 7.92. The number of piperidine rings is 1. The first-order valence-corrected chi connectivity index (χ1v) is 15.2. The van der Waals surface area contributed by atoms with Gasteiger partial charge in [0.1, 0.15) is 0 Å².